The topological polar surface area (TPSA) is 90.0 Å². The van der Waals surface area contributed by atoms with Gasteiger partial charge in [-0.2, -0.15) is 0 Å². The molecule has 3 rings (SSSR count). The number of nitrogens with zero attached hydrogens (tertiary/aromatic N) is 3. The number of urea groups is 1. The van der Waals surface area contributed by atoms with Crippen molar-refractivity contribution >= 4 is 17.5 Å². The zero-order valence-corrected chi connectivity index (χ0v) is 17.6. The van der Waals surface area contributed by atoms with Gasteiger partial charge in [-0.15, -0.1) is 0 Å². The molecule has 0 radical (unpaired) electrons. The SMILES string of the molecule is CN(C)C[C@H](CNC(=O)Nc1ccc(N2CCOCC2)nc1)[C@H](O)c1ccccc1. The minimum atomic E-state index is -0.664. The summed E-state index contributed by atoms with van der Waals surface area (Å²) in [4.78, 5) is 21.0. The molecule has 0 bridgehead atoms. The van der Waals surface area contributed by atoms with Crippen LogP contribution in [0.1, 0.15) is 11.7 Å². The lowest BCUT2D eigenvalue weighted by molar-refractivity contribution is 0.0911. The molecule has 0 saturated carbocycles. The molecule has 3 N–H and O–H groups in total. The molecule has 2 heterocycles. The van der Waals surface area contributed by atoms with E-state index in [1.54, 1.807) is 6.20 Å². The first kappa shape index (κ1) is 22.0. The molecule has 2 aromatic rings. The first-order valence-electron chi connectivity index (χ1n) is 10.2. The number of benzene rings is 1. The quantitative estimate of drug-likeness (QED) is 0.613. The molecule has 30 heavy (non-hydrogen) atoms. The zero-order chi connectivity index (χ0) is 21.3. The summed E-state index contributed by atoms with van der Waals surface area (Å²) in [6.45, 7) is 4.03. The summed E-state index contributed by atoms with van der Waals surface area (Å²) < 4.78 is 5.36. The molecule has 0 unspecified atom stereocenters. The van der Waals surface area contributed by atoms with Crippen LogP contribution in [0.3, 0.4) is 0 Å². The molecule has 8 heteroatoms. The Labute approximate surface area is 177 Å². The summed E-state index contributed by atoms with van der Waals surface area (Å²) in [6.07, 6.45) is 0.990. The number of pyridine rings is 1. The molecule has 1 aliphatic heterocycles. The van der Waals surface area contributed by atoms with Gasteiger partial charge in [-0.05, 0) is 31.8 Å². The molecule has 1 saturated heterocycles. The number of anilines is 2. The fourth-order valence-corrected chi connectivity index (χ4v) is 3.51. The van der Waals surface area contributed by atoms with Crippen LogP contribution in [0.25, 0.3) is 0 Å². The van der Waals surface area contributed by atoms with Crippen molar-refractivity contribution in [3.63, 3.8) is 0 Å². The summed E-state index contributed by atoms with van der Waals surface area (Å²) in [7, 11) is 3.90. The smallest absolute Gasteiger partial charge is 0.319 e. The fourth-order valence-electron chi connectivity index (χ4n) is 3.51. The van der Waals surface area contributed by atoms with Crippen molar-refractivity contribution in [2.75, 3.05) is 63.7 Å². The molecule has 2 amide bonds. The van der Waals surface area contributed by atoms with E-state index in [0.29, 0.717) is 32.0 Å². The Kier molecular flexibility index (Phi) is 8.01. The largest absolute Gasteiger partial charge is 0.388 e. The maximum atomic E-state index is 12.4. The Bertz CT molecular complexity index is 779. The van der Waals surface area contributed by atoms with Gasteiger partial charge >= 0.3 is 6.03 Å². The lowest BCUT2D eigenvalue weighted by atomic mass is 9.95. The van der Waals surface area contributed by atoms with Crippen LogP contribution in [-0.4, -0.2) is 74.5 Å². The number of morpholine rings is 1. The molecule has 0 spiro atoms. The van der Waals surface area contributed by atoms with Crippen molar-refractivity contribution in [2.24, 2.45) is 5.92 Å². The normalized spacial score (nSPS) is 16.2. The van der Waals surface area contributed by atoms with Crippen LogP contribution < -0.4 is 15.5 Å². The van der Waals surface area contributed by atoms with Crippen molar-refractivity contribution in [1.29, 1.82) is 0 Å². The first-order valence-corrected chi connectivity index (χ1v) is 10.2. The van der Waals surface area contributed by atoms with Crippen molar-refractivity contribution in [1.82, 2.24) is 15.2 Å². The van der Waals surface area contributed by atoms with Crippen LogP contribution in [0.4, 0.5) is 16.3 Å². The average Bonchev–Trinajstić information content (AvgIpc) is 2.77. The number of rotatable bonds is 8. The van der Waals surface area contributed by atoms with Crippen LogP contribution in [0.2, 0.25) is 0 Å². The van der Waals surface area contributed by atoms with Gasteiger partial charge in [-0.25, -0.2) is 9.78 Å². The Morgan fingerprint density at radius 3 is 2.57 bits per heavy atom. The van der Waals surface area contributed by atoms with E-state index in [1.807, 2.05) is 61.5 Å². The van der Waals surface area contributed by atoms with Gasteiger partial charge in [0.1, 0.15) is 5.82 Å². The minimum absolute atomic E-state index is 0.144. The van der Waals surface area contributed by atoms with E-state index in [1.165, 1.54) is 0 Å². The predicted molar refractivity (Wildman–Crippen MR) is 118 cm³/mol. The van der Waals surface area contributed by atoms with Gasteiger partial charge < -0.3 is 30.3 Å². The number of aromatic nitrogens is 1. The number of aliphatic hydroxyl groups excluding tert-OH is 1. The van der Waals surface area contributed by atoms with Crippen LogP contribution in [0, 0.1) is 5.92 Å². The Morgan fingerprint density at radius 1 is 1.20 bits per heavy atom. The number of hydrogen-bond donors (Lipinski definition) is 3. The Morgan fingerprint density at radius 2 is 1.93 bits per heavy atom. The van der Waals surface area contributed by atoms with Gasteiger partial charge in [0.15, 0.2) is 0 Å². The van der Waals surface area contributed by atoms with Crippen LogP contribution >= 0.6 is 0 Å². The predicted octanol–water partition coefficient (Wildman–Crippen LogP) is 1.95. The van der Waals surface area contributed by atoms with E-state index in [4.69, 9.17) is 4.74 Å². The van der Waals surface area contributed by atoms with E-state index in [0.717, 1.165) is 24.5 Å². The molecule has 8 nitrogen and oxygen atoms in total. The second kappa shape index (κ2) is 10.9. The van der Waals surface area contributed by atoms with Gasteiger partial charge in [0.25, 0.3) is 0 Å². The van der Waals surface area contributed by atoms with Crippen LogP contribution in [-0.2, 0) is 4.74 Å². The van der Waals surface area contributed by atoms with E-state index >= 15 is 0 Å². The summed E-state index contributed by atoms with van der Waals surface area (Å²) >= 11 is 0. The maximum absolute atomic E-state index is 12.4. The second-order valence-electron chi connectivity index (χ2n) is 7.72. The monoisotopic (exact) mass is 413 g/mol. The third-order valence-corrected chi connectivity index (χ3v) is 5.05. The molecular weight excluding hydrogens is 382 g/mol. The summed E-state index contributed by atoms with van der Waals surface area (Å²) in [5.74, 6) is 0.733. The fraction of sp³-hybridized carbons (Fsp3) is 0.455. The number of nitrogens with one attached hydrogen (secondary N) is 2. The Balaban J connectivity index is 1.53. The number of ether oxygens (including phenoxy) is 1. The van der Waals surface area contributed by atoms with Crippen molar-refractivity contribution in [3.8, 4) is 0 Å². The number of hydrogen-bond acceptors (Lipinski definition) is 6. The second-order valence-corrected chi connectivity index (χ2v) is 7.72. The molecule has 2 atom stereocenters. The van der Waals surface area contributed by atoms with Gasteiger partial charge in [-0.3, -0.25) is 0 Å². The summed E-state index contributed by atoms with van der Waals surface area (Å²) in [5.41, 5.74) is 1.46. The van der Waals surface area contributed by atoms with Crippen LogP contribution in [0.5, 0.6) is 0 Å². The molecule has 1 aliphatic rings. The minimum Gasteiger partial charge on any atom is -0.388 e. The van der Waals surface area contributed by atoms with Crippen molar-refractivity contribution in [2.45, 2.75) is 6.10 Å². The van der Waals surface area contributed by atoms with Crippen molar-refractivity contribution < 1.29 is 14.6 Å². The van der Waals surface area contributed by atoms with E-state index in [9.17, 15) is 9.90 Å². The van der Waals surface area contributed by atoms with Gasteiger partial charge in [0, 0.05) is 32.1 Å². The molecule has 1 aromatic carbocycles. The van der Waals surface area contributed by atoms with Crippen molar-refractivity contribution in [3.05, 3.63) is 54.2 Å². The van der Waals surface area contributed by atoms with Gasteiger partial charge in [-0.1, -0.05) is 30.3 Å². The van der Waals surface area contributed by atoms with Crippen LogP contribution in [0.15, 0.2) is 48.7 Å². The molecule has 162 valence electrons. The molecule has 0 aliphatic carbocycles. The van der Waals surface area contributed by atoms with E-state index in [-0.39, 0.29) is 11.9 Å². The number of aliphatic hydroxyl groups is 1. The summed E-state index contributed by atoms with van der Waals surface area (Å²) in [6, 6.07) is 12.9. The first-order chi connectivity index (χ1) is 14.5. The Hall–Kier alpha value is -2.68. The number of carbonyl (C=O) groups excluding carboxylic acids is 1. The average molecular weight is 414 g/mol. The highest BCUT2D eigenvalue weighted by Gasteiger charge is 2.22. The lowest BCUT2D eigenvalue weighted by Crippen LogP contribution is -2.39. The highest BCUT2D eigenvalue weighted by atomic mass is 16.5. The highest BCUT2D eigenvalue weighted by molar-refractivity contribution is 5.89. The highest BCUT2D eigenvalue weighted by Crippen LogP contribution is 2.22. The third-order valence-electron chi connectivity index (χ3n) is 5.05. The standard InChI is InChI=1S/C22H31N5O3/c1-26(2)16-18(21(28)17-6-4-3-5-7-17)14-24-22(29)25-19-8-9-20(23-15-19)27-10-12-30-13-11-27/h3-9,15,18,21,28H,10-14,16H2,1-2H3,(H2,24,25,29)/t18-,21+/m0/s1. The molecule has 1 aromatic heterocycles. The number of carbonyl (C=O) groups is 1. The zero-order valence-electron chi connectivity index (χ0n) is 17.6. The maximum Gasteiger partial charge on any atom is 0.319 e. The summed E-state index contributed by atoms with van der Waals surface area (Å²) in [5, 5.41) is 16.4. The van der Waals surface area contributed by atoms with Gasteiger partial charge in [0.05, 0.1) is 31.2 Å². The van der Waals surface area contributed by atoms with E-state index < -0.39 is 6.10 Å². The number of amides is 2. The molecule has 1 fully saturated rings. The van der Waals surface area contributed by atoms with Gasteiger partial charge in [0.2, 0.25) is 0 Å². The molecular formula is C22H31N5O3. The van der Waals surface area contributed by atoms with E-state index in [2.05, 4.69) is 20.5 Å². The lowest BCUT2D eigenvalue weighted by Gasteiger charge is -2.28. The third kappa shape index (κ3) is 6.41.